The van der Waals surface area contributed by atoms with Gasteiger partial charge in [-0.3, -0.25) is 14.6 Å². The molecule has 4 aromatic carbocycles. The number of fused-ring (bicyclic) bond motifs is 6. The Balaban J connectivity index is 1.09. The monoisotopic (exact) mass is 551 g/mol. The number of carboxylic acids is 1. The summed E-state index contributed by atoms with van der Waals surface area (Å²) in [6.07, 6.45) is 1.12. The molecule has 0 fully saturated rings. The molecule has 9 heteroatoms. The van der Waals surface area contributed by atoms with Gasteiger partial charge in [-0.05, 0) is 83.9 Å². The van der Waals surface area contributed by atoms with E-state index < -0.39 is 12.1 Å². The van der Waals surface area contributed by atoms with Gasteiger partial charge in [-0.1, -0.05) is 18.2 Å². The third-order valence-electron chi connectivity index (χ3n) is 6.68. The van der Waals surface area contributed by atoms with E-state index in [2.05, 4.69) is 15.6 Å². The molecular formula is C32H29N3O6. The van der Waals surface area contributed by atoms with Crippen molar-refractivity contribution >= 4 is 45.1 Å². The molecule has 5 aromatic rings. The summed E-state index contributed by atoms with van der Waals surface area (Å²) in [6.45, 7) is 2.63. The van der Waals surface area contributed by atoms with E-state index in [1.807, 2.05) is 24.3 Å². The number of ether oxygens (including phenoxy) is 2. The van der Waals surface area contributed by atoms with Gasteiger partial charge in [-0.25, -0.2) is 4.79 Å². The molecule has 9 nitrogen and oxygen atoms in total. The van der Waals surface area contributed by atoms with Crippen molar-refractivity contribution in [2.24, 2.45) is 0 Å². The van der Waals surface area contributed by atoms with Gasteiger partial charge in [0.15, 0.2) is 6.10 Å². The van der Waals surface area contributed by atoms with E-state index in [9.17, 15) is 19.5 Å². The molecule has 0 aliphatic heterocycles. The standard InChI is InChI=1S/C32H29N3O6/c1-2-40-29(32(38)39)17-20-3-10-25(11-4-20)41-16-15-34-30(36)21-5-8-24(9-6-21)35-31(37)26-12-7-22-18-27(26)28-19-23(22)13-14-33-28/h3-14,18-19,29H,2,15-17H2,1H3,(H,34,36)(H,35,37)(H,38,39). The molecule has 0 saturated carbocycles. The summed E-state index contributed by atoms with van der Waals surface area (Å²) in [4.78, 5) is 41.2. The minimum atomic E-state index is -0.994. The summed E-state index contributed by atoms with van der Waals surface area (Å²) in [5, 5.41) is 17.8. The zero-order chi connectivity index (χ0) is 28.8. The van der Waals surface area contributed by atoms with Gasteiger partial charge in [0, 0.05) is 41.4 Å². The normalized spacial score (nSPS) is 11.8. The summed E-state index contributed by atoms with van der Waals surface area (Å²) in [5.41, 5.74) is 3.15. The van der Waals surface area contributed by atoms with Gasteiger partial charge in [0.2, 0.25) is 0 Å². The molecule has 0 aliphatic carbocycles. The molecule has 1 heterocycles. The molecule has 41 heavy (non-hydrogen) atoms. The van der Waals surface area contributed by atoms with E-state index in [-0.39, 0.29) is 24.8 Å². The van der Waals surface area contributed by atoms with Gasteiger partial charge < -0.3 is 25.2 Å². The van der Waals surface area contributed by atoms with Crippen LogP contribution in [0.1, 0.15) is 33.2 Å². The summed E-state index contributed by atoms with van der Waals surface area (Å²) in [5.74, 6) is -0.896. The molecule has 0 saturated heterocycles. The first-order chi connectivity index (χ1) is 19.9. The molecule has 0 spiro atoms. The first-order valence-corrected chi connectivity index (χ1v) is 13.3. The first kappa shape index (κ1) is 27.5. The molecule has 4 bridgehead atoms. The van der Waals surface area contributed by atoms with E-state index in [0.29, 0.717) is 35.7 Å². The van der Waals surface area contributed by atoms with E-state index >= 15 is 0 Å². The van der Waals surface area contributed by atoms with Gasteiger partial charge in [0.25, 0.3) is 11.8 Å². The van der Waals surface area contributed by atoms with Gasteiger partial charge >= 0.3 is 5.97 Å². The Labute approximate surface area is 236 Å². The lowest BCUT2D eigenvalue weighted by Gasteiger charge is -2.13. The average molecular weight is 552 g/mol. The highest BCUT2D eigenvalue weighted by Crippen LogP contribution is 2.27. The maximum absolute atomic E-state index is 13.0. The summed E-state index contributed by atoms with van der Waals surface area (Å²) >= 11 is 0. The highest BCUT2D eigenvalue weighted by atomic mass is 16.5. The van der Waals surface area contributed by atoms with Crippen molar-refractivity contribution in [2.45, 2.75) is 19.4 Å². The van der Waals surface area contributed by atoms with Crippen LogP contribution in [0.4, 0.5) is 5.69 Å². The fourth-order valence-corrected chi connectivity index (χ4v) is 4.58. The van der Waals surface area contributed by atoms with E-state index in [1.54, 1.807) is 67.7 Å². The smallest absolute Gasteiger partial charge is 0.333 e. The maximum atomic E-state index is 13.0. The van der Waals surface area contributed by atoms with Crippen LogP contribution in [0.25, 0.3) is 21.7 Å². The second-order valence-electron chi connectivity index (χ2n) is 9.46. The number of aromatic nitrogens is 1. The van der Waals surface area contributed by atoms with Gasteiger partial charge in [-0.2, -0.15) is 0 Å². The van der Waals surface area contributed by atoms with Gasteiger partial charge in [0.1, 0.15) is 12.4 Å². The molecule has 1 atom stereocenters. The molecule has 1 aromatic heterocycles. The third-order valence-corrected chi connectivity index (χ3v) is 6.68. The first-order valence-electron chi connectivity index (χ1n) is 13.3. The summed E-state index contributed by atoms with van der Waals surface area (Å²) < 4.78 is 10.9. The lowest BCUT2D eigenvalue weighted by molar-refractivity contribution is -0.149. The van der Waals surface area contributed by atoms with Crippen LogP contribution in [0.2, 0.25) is 0 Å². The van der Waals surface area contributed by atoms with Gasteiger partial charge in [-0.15, -0.1) is 0 Å². The van der Waals surface area contributed by atoms with E-state index in [4.69, 9.17) is 9.47 Å². The van der Waals surface area contributed by atoms with Crippen molar-refractivity contribution in [3.05, 3.63) is 102 Å². The molecular weight excluding hydrogens is 522 g/mol. The molecule has 0 aliphatic rings. The lowest BCUT2D eigenvalue weighted by Crippen LogP contribution is -2.28. The minimum Gasteiger partial charge on any atom is -0.492 e. The Kier molecular flexibility index (Phi) is 8.36. The van der Waals surface area contributed by atoms with Crippen LogP contribution in [0.3, 0.4) is 0 Å². The number of amides is 2. The Morgan fingerprint density at radius 1 is 0.902 bits per heavy atom. The van der Waals surface area contributed by atoms with Crippen LogP contribution in [0.15, 0.2) is 85.1 Å². The number of rotatable bonds is 12. The fourth-order valence-electron chi connectivity index (χ4n) is 4.58. The predicted octanol–water partition coefficient (Wildman–Crippen LogP) is 4.92. The Bertz CT molecular complexity index is 1670. The number of nitrogens with one attached hydrogen (secondary N) is 2. The molecule has 1 unspecified atom stereocenters. The highest BCUT2D eigenvalue weighted by Gasteiger charge is 2.18. The second kappa shape index (κ2) is 12.4. The summed E-state index contributed by atoms with van der Waals surface area (Å²) in [6, 6.07) is 23.4. The molecule has 3 N–H and O–H groups in total. The van der Waals surface area contributed by atoms with E-state index in [0.717, 1.165) is 27.2 Å². The third kappa shape index (κ3) is 6.59. The van der Waals surface area contributed by atoms with Crippen molar-refractivity contribution < 1.29 is 29.0 Å². The van der Waals surface area contributed by atoms with Crippen LogP contribution in [-0.4, -0.2) is 53.7 Å². The van der Waals surface area contributed by atoms with E-state index in [1.165, 1.54) is 0 Å². The quantitative estimate of drug-likeness (QED) is 0.188. The predicted molar refractivity (Wildman–Crippen MR) is 156 cm³/mol. The number of nitrogens with zero attached hydrogens (tertiary/aromatic N) is 1. The van der Waals surface area contributed by atoms with Crippen molar-refractivity contribution in [1.82, 2.24) is 10.3 Å². The number of carboxylic acid groups (broad SMARTS) is 1. The molecule has 0 radical (unpaired) electrons. The maximum Gasteiger partial charge on any atom is 0.333 e. The largest absolute Gasteiger partial charge is 0.492 e. The number of aliphatic carboxylic acids is 1. The minimum absolute atomic E-state index is 0.251. The number of carbonyl (C=O) groups is 3. The summed E-state index contributed by atoms with van der Waals surface area (Å²) in [7, 11) is 0. The Morgan fingerprint density at radius 3 is 2.39 bits per heavy atom. The molecule has 5 rings (SSSR count). The van der Waals surface area contributed by atoms with Crippen molar-refractivity contribution in [2.75, 3.05) is 25.1 Å². The fraction of sp³-hybridized carbons (Fsp3) is 0.188. The number of hydrogen-bond donors (Lipinski definition) is 3. The topological polar surface area (TPSA) is 127 Å². The van der Waals surface area contributed by atoms with Crippen LogP contribution < -0.4 is 15.4 Å². The number of hydrogen-bond acceptors (Lipinski definition) is 6. The SMILES string of the molecule is CCOC(Cc1ccc(OCCNC(=O)c2ccc(NC(=O)c3ccc4cc3c3cc4ccn3)cc2)cc1)C(=O)O. The number of anilines is 1. The number of benzene rings is 4. The lowest BCUT2D eigenvalue weighted by atomic mass is 10.0. The van der Waals surface area contributed by atoms with Crippen LogP contribution >= 0.6 is 0 Å². The molecule has 2 amide bonds. The number of pyridine rings is 1. The molecule has 208 valence electrons. The highest BCUT2D eigenvalue weighted by molar-refractivity contribution is 6.15. The zero-order valence-corrected chi connectivity index (χ0v) is 22.4. The zero-order valence-electron chi connectivity index (χ0n) is 22.4. The van der Waals surface area contributed by atoms with Crippen LogP contribution in [0.5, 0.6) is 5.75 Å². The average Bonchev–Trinajstić information content (AvgIpc) is 2.99. The van der Waals surface area contributed by atoms with Crippen molar-refractivity contribution in [1.29, 1.82) is 0 Å². The van der Waals surface area contributed by atoms with Crippen LogP contribution in [-0.2, 0) is 16.0 Å². The van der Waals surface area contributed by atoms with Crippen LogP contribution in [0, 0.1) is 0 Å². The van der Waals surface area contributed by atoms with Crippen molar-refractivity contribution in [3.8, 4) is 5.75 Å². The Morgan fingerprint density at radius 2 is 1.66 bits per heavy atom. The number of carbonyl (C=O) groups excluding carboxylic acids is 2. The van der Waals surface area contributed by atoms with Crippen molar-refractivity contribution in [3.63, 3.8) is 0 Å². The Hall–Kier alpha value is -5.02. The second-order valence-corrected chi connectivity index (χ2v) is 9.46. The van der Waals surface area contributed by atoms with Gasteiger partial charge in [0.05, 0.1) is 12.1 Å².